The fraction of sp³-hybridized carbons (Fsp3) is 0.200. The monoisotopic (exact) mass is 277 g/mol. The van der Waals surface area contributed by atoms with E-state index in [1.54, 1.807) is 7.11 Å². The normalized spacial score (nSPS) is 10.3. The third kappa shape index (κ3) is 3.63. The lowest BCUT2D eigenvalue weighted by atomic mass is 10.2. The molecule has 0 fully saturated rings. The van der Waals surface area contributed by atoms with E-state index in [1.807, 2.05) is 42.5 Å². The molecule has 0 spiro atoms. The highest BCUT2D eigenvalue weighted by Crippen LogP contribution is 2.25. The molecule has 0 saturated heterocycles. The topological polar surface area (TPSA) is 44.5 Å². The van der Waals surface area contributed by atoms with Crippen molar-refractivity contribution in [2.45, 2.75) is 13.2 Å². The van der Waals surface area contributed by atoms with Crippen molar-refractivity contribution in [2.24, 2.45) is 5.73 Å². The lowest BCUT2D eigenvalue weighted by molar-refractivity contribution is 0.300. The Balaban J connectivity index is 2.14. The fourth-order valence-corrected chi connectivity index (χ4v) is 1.97. The first-order chi connectivity index (χ1) is 9.22. The summed E-state index contributed by atoms with van der Waals surface area (Å²) in [6.07, 6.45) is 0. The number of ether oxygens (including phenoxy) is 2. The zero-order valence-electron chi connectivity index (χ0n) is 10.7. The van der Waals surface area contributed by atoms with Gasteiger partial charge in [0, 0.05) is 23.2 Å². The molecule has 0 heterocycles. The molecule has 2 rings (SSSR count). The third-order valence-electron chi connectivity index (χ3n) is 2.78. The average Bonchev–Trinajstić information content (AvgIpc) is 2.45. The Labute approximate surface area is 117 Å². The van der Waals surface area contributed by atoms with Crippen molar-refractivity contribution < 1.29 is 9.47 Å². The number of halogens is 1. The van der Waals surface area contributed by atoms with Crippen LogP contribution in [0.15, 0.2) is 42.5 Å². The van der Waals surface area contributed by atoms with Gasteiger partial charge in [0.15, 0.2) is 0 Å². The summed E-state index contributed by atoms with van der Waals surface area (Å²) in [5.41, 5.74) is 7.65. The van der Waals surface area contributed by atoms with Crippen LogP contribution in [0.5, 0.6) is 11.5 Å². The second kappa shape index (κ2) is 6.45. The molecule has 4 heteroatoms. The van der Waals surface area contributed by atoms with Crippen LogP contribution in [0.2, 0.25) is 5.02 Å². The van der Waals surface area contributed by atoms with Crippen LogP contribution in [0.4, 0.5) is 0 Å². The smallest absolute Gasteiger partial charge is 0.127 e. The van der Waals surface area contributed by atoms with Gasteiger partial charge < -0.3 is 15.2 Å². The van der Waals surface area contributed by atoms with Gasteiger partial charge in [0.25, 0.3) is 0 Å². The number of nitrogens with two attached hydrogens (primary N) is 1. The lowest BCUT2D eigenvalue weighted by Crippen LogP contribution is -2.03. The molecular formula is C15H16ClNO2. The standard InChI is InChI=1S/C15H16ClNO2/c1-18-14-6-5-12(9-17)15(8-14)19-10-11-3-2-4-13(16)7-11/h2-8H,9-10,17H2,1H3. The van der Waals surface area contributed by atoms with Crippen LogP contribution < -0.4 is 15.2 Å². The van der Waals surface area contributed by atoms with Crippen LogP contribution in [0.1, 0.15) is 11.1 Å². The van der Waals surface area contributed by atoms with E-state index in [-0.39, 0.29) is 0 Å². The molecule has 3 nitrogen and oxygen atoms in total. The Morgan fingerprint density at radius 1 is 1.16 bits per heavy atom. The molecular weight excluding hydrogens is 262 g/mol. The Morgan fingerprint density at radius 2 is 2.00 bits per heavy atom. The molecule has 0 bridgehead atoms. The summed E-state index contributed by atoms with van der Waals surface area (Å²) >= 11 is 5.94. The molecule has 0 aliphatic heterocycles. The van der Waals surface area contributed by atoms with Crippen molar-refractivity contribution in [1.82, 2.24) is 0 Å². The van der Waals surface area contributed by atoms with Crippen molar-refractivity contribution in [3.63, 3.8) is 0 Å². The first-order valence-corrected chi connectivity index (χ1v) is 6.35. The highest BCUT2D eigenvalue weighted by Gasteiger charge is 2.05. The summed E-state index contributed by atoms with van der Waals surface area (Å²) in [5, 5.41) is 0.700. The van der Waals surface area contributed by atoms with E-state index >= 15 is 0 Å². The van der Waals surface area contributed by atoms with Crippen LogP contribution >= 0.6 is 11.6 Å². The maximum atomic E-state index is 5.94. The number of hydrogen-bond donors (Lipinski definition) is 1. The Bertz CT molecular complexity index is 558. The zero-order chi connectivity index (χ0) is 13.7. The molecule has 0 aliphatic rings. The molecule has 0 radical (unpaired) electrons. The average molecular weight is 278 g/mol. The summed E-state index contributed by atoms with van der Waals surface area (Å²) in [7, 11) is 1.62. The lowest BCUT2D eigenvalue weighted by Gasteiger charge is -2.12. The molecule has 2 aromatic rings. The Morgan fingerprint density at radius 3 is 2.68 bits per heavy atom. The highest BCUT2D eigenvalue weighted by molar-refractivity contribution is 6.30. The SMILES string of the molecule is COc1ccc(CN)c(OCc2cccc(Cl)c2)c1. The second-order valence-corrected chi connectivity index (χ2v) is 4.53. The van der Waals surface area contributed by atoms with E-state index in [2.05, 4.69) is 0 Å². The van der Waals surface area contributed by atoms with Crippen LogP contribution in [0, 0.1) is 0 Å². The van der Waals surface area contributed by atoms with Crippen molar-refractivity contribution in [3.05, 3.63) is 58.6 Å². The summed E-state index contributed by atoms with van der Waals surface area (Å²) in [6.45, 7) is 0.871. The van der Waals surface area contributed by atoms with Gasteiger partial charge in [-0.2, -0.15) is 0 Å². The Hall–Kier alpha value is -1.71. The van der Waals surface area contributed by atoms with Crippen LogP contribution in [-0.2, 0) is 13.2 Å². The van der Waals surface area contributed by atoms with Crippen LogP contribution in [0.3, 0.4) is 0 Å². The number of rotatable bonds is 5. The van der Waals surface area contributed by atoms with E-state index < -0.39 is 0 Å². The maximum absolute atomic E-state index is 5.94. The van der Waals surface area contributed by atoms with Gasteiger partial charge in [0.05, 0.1) is 7.11 Å². The summed E-state index contributed by atoms with van der Waals surface area (Å²) < 4.78 is 11.0. The van der Waals surface area contributed by atoms with Gasteiger partial charge >= 0.3 is 0 Å². The summed E-state index contributed by atoms with van der Waals surface area (Å²) in [5.74, 6) is 1.49. The molecule has 0 amide bonds. The molecule has 19 heavy (non-hydrogen) atoms. The third-order valence-corrected chi connectivity index (χ3v) is 3.01. The largest absolute Gasteiger partial charge is 0.497 e. The molecule has 0 saturated carbocycles. The van der Waals surface area contributed by atoms with E-state index in [1.165, 1.54) is 0 Å². The molecule has 2 N–H and O–H groups in total. The second-order valence-electron chi connectivity index (χ2n) is 4.10. The minimum atomic E-state index is 0.425. The molecule has 100 valence electrons. The fourth-order valence-electron chi connectivity index (χ4n) is 1.75. The first-order valence-electron chi connectivity index (χ1n) is 5.97. The van der Waals surface area contributed by atoms with Crippen molar-refractivity contribution in [1.29, 1.82) is 0 Å². The van der Waals surface area contributed by atoms with Gasteiger partial charge in [-0.15, -0.1) is 0 Å². The molecule has 0 aromatic heterocycles. The minimum absolute atomic E-state index is 0.425. The van der Waals surface area contributed by atoms with Crippen molar-refractivity contribution in [2.75, 3.05) is 7.11 Å². The molecule has 0 atom stereocenters. The molecule has 2 aromatic carbocycles. The predicted molar refractivity (Wildman–Crippen MR) is 76.7 cm³/mol. The predicted octanol–water partition coefficient (Wildman–Crippen LogP) is 3.39. The van der Waals surface area contributed by atoms with Crippen molar-refractivity contribution >= 4 is 11.6 Å². The van der Waals surface area contributed by atoms with E-state index in [0.29, 0.717) is 18.2 Å². The van der Waals surface area contributed by atoms with E-state index in [0.717, 1.165) is 22.6 Å². The van der Waals surface area contributed by atoms with Gasteiger partial charge in [0.1, 0.15) is 18.1 Å². The number of hydrogen-bond acceptors (Lipinski definition) is 3. The van der Waals surface area contributed by atoms with Crippen LogP contribution in [-0.4, -0.2) is 7.11 Å². The molecule has 0 unspecified atom stereocenters. The van der Waals surface area contributed by atoms with Gasteiger partial charge in [-0.05, 0) is 23.8 Å². The van der Waals surface area contributed by atoms with E-state index in [9.17, 15) is 0 Å². The summed E-state index contributed by atoms with van der Waals surface area (Å²) in [4.78, 5) is 0. The van der Waals surface area contributed by atoms with Gasteiger partial charge in [0.2, 0.25) is 0 Å². The summed E-state index contributed by atoms with van der Waals surface area (Å²) in [6, 6.07) is 13.2. The van der Waals surface area contributed by atoms with Gasteiger partial charge in [-0.1, -0.05) is 29.8 Å². The van der Waals surface area contributed by atoms with Gasteiger partial charge in [-0.3, -0.25) is 0 Å². The quantitative estimate of drug-likeness (QED) is 0.911. The number of benzene rings is 2. The minimum Gasteiger partial charge on any atom is -0.497 e. The Kier molecular flexibility index (Phi) is 4.66. The number of methoxy groups -OCH3 is 1. The first kappa shape index (κ1) is 13.7. The molecule has 0 aliphatic carbocycles. The maximum Gasteiger partial charge on any atom is 0.127 e. The van der Waals surface area contributed by atoms with Crippen molar-refractivity contribution in [3.8, 4) is 11.5 Å². The van der Waals surface area contributed by atoms with Crippen LogP contribution in [0.25, 0.3) is 0 Å². The zero-order valence-corrected chi connectivity index (χ0v) is 11.5. The highest BCUT2D eigenvalue weighted by atomic mass is 35.5. The van der Waals surface area contributed by atoms with Gasteiger partial charge in [-0.25, -0.2) is 0 Å². The van der Waals surface area contributed by atoms with E-state index in [4.69, 9.17) is 26.8 Å².